The van der Waals surface area contributed by atoms with Crippen LogP contribution in [0.4, 0.5) is 5.13 Å². The number of rotatable bonds is 5. The number of aromatic hydroxyl groups is 1. The highest BCUT2D eigenvalue weighted by Gasteiger charge is 2.48. The smallest absolute Gasteiger partial charge is 0.350 e. The number of Topliss-reactive ketones (excluding diaryl/α,β-unsaturated/α-hetero) is 1. The summed E-state index contributed by atoms with van der Waals surface area (Å²) in [7, 11) is 0. The molecule has 0 aliphatic carbocycles. The number of hydrogen-bond acceptors (Lipinski definition) is 8. The van der Waals surface area contributed by atoms with Gasteiger partial charge in [-0.05, 0) is 31.5 Å². The SMILES string of the molecule is CCOC(=O)c1sc(N2C(=O)C(=O)/C(=C(\O)c3ccccc3)C2c2ccc(O)cc2)nc1C. The molecule has 2 heterocycles. The third-order valence-corrected chi connectivity index (χ3v) is 6.29. The topological polar surface area (TPSA) is 117 Å². The highest BCUT2D eigenvalue weighted by molar-refractivity contribution is 7.17. The lowest BCUT2D eigenvalue weighted by Gasteiger charge is -2.23. The van der Waals surface area contributed by atoms with Crippen molar-refractivity contribution in [3.8, 4) is 5.75 Å². The second-order valence-corrected chi connectivity index (χ2v) is 8.24. The fourth-order valence-electron chi connectivity index (χ4n) is 3.62. The Balaban J connectivity index is 1.90. The zero-order valence-electron chi connectivity index (χ0n) is 17.8. The van der Waals surface area contributed by atoms with Gasteiger partial charge in [0.15, 0.2) is 5.13 Å². The van der Waals surface area contributed by atoms with E-state index in [1.807, 2.05) is 0 Å². The predicted molar refractivity (Wildman–Crippen MR) is 122 cm³/mol. The van der Waals surface area contributed by atoms with E-state index < -0.39 is 23.7 Å². The third kappa shape index (κ3) is 3.98. The van der Waals surface area contributed by atoms with Crippen LogP contribution in [0.3, 0.4) is 0 Å². The molecule has 1 amide bonds. The van der Waals surface area contributed by atoms with E-state index in [1.165, 1.54) is 17.0 Å². The largest absolute Gasteiger partial charge is 0.508 e. The average Bonchev–Trinajstić information content (AvgIpc) is 3.32. The minimum Gasteiger partial charge on any atom is -0.508 e. The van der Waals surface area contributed by atoms with Crippen molar-refractivity contribution in [2.45, 2.75) is 19.9 Å². The maximum Gasteiger partial charge on any atom is 0.350 e. The average molecular weight is 464 g/mol. The molecule has 3 aromatic rings. The molecule has 33 heavy (non-hydrogen) atoms. The molecule has 1 aliphatic heterocycles. The van der Waals surface area contributed by atoms with Crippen molar-refractivity contribution < 1.29 is 29.3 Å². The van der Waals surface area contributed by atoms with E-state index in [0.29, 0.717) is 16.8 Å². The summed E-state index contributed by atoms with van der Waals surface area (Å²) in [6.45, 7) is 3.48. The zero-order chi connectivity index (χ0) is 23.7. The Bertz CT molecular complexity index is 1260. The molecule has 1 saturated heterocycles. The number of benzene rings is 2. The molecule has 0 spiro atoms. The van der Waals surface area contributed by atoms with Gasteiger partial charge in [-0.2, -0.15) is 0 Å². The summed E-state index contributed by atoms with van der Waals surface area (Å²) < 4.78 is 5.06. The van der Waals surface area contributed by atoms with Crippen LogP contribution < -0.4 is 4.90 Å². The van der Waals surface area contributed by atoms with Crippen molar-refractivity contribution in [1.82, 2.24) is 4.98 Å². The number of aryl methyl sites for hydroxylation is 1. The summed E-state index contributed by atoms with van der Waals surface area (Å²) in [5, 5.41) is 20.9. The lowest BCUT2D eigenvalue weighted by molar-refractivity contribution is -0.132. The van der Waals surface area contributed by atoms with E-state index in [0.717, 1.165) is 11.3 Å². The van der Waals surface area contributed by atoms with Gasteiger partial charge in [0.25, 0.3) is 5.78 Å². The molecular weight excluding hydrogens is 444 g/mol. The molecule has 4 rings (SSSR count). The van der Waals surface area contributed by atoms with E-state index in [4.69, 9.17) is 4.74 Å². The van der Waals surface area contributed by atoms with Gasteiger partial charge < -0.3 is 14.9 Å². The second-order valence-electron chi connectivity index (χ2n) is 7.26. The summed E-state index contributed by atoms with van der Waals surface area (Å²) in [4.78, 5) is 44.3. The van der Waals surface area contributed by atoms with Crippen molar-refractivity contribution in [3.63, 3.8) is 0 Å². The molecule has 1 fully saturated rings. The number of carbonyl (C=O) groups is 3. The highest BCUT2D eigenvalue weighted by atomic mass is 32.1. The van der Waals surface area contributed by atoms with Crippen molar-refractivity contribution in [2.24, 2.45) is 0 Å². The first-order chi connectivity index (χ1) is 15.8. The molecular formula is C24H20N2O6S. The number of ether oxygens (including phenoxy) is 1. The standard InChI is InChI=1S/C24H20N2O6S/c1-3-32-23(31)21-13(2)25-24(33-21)26-18(14-9-11-16(27)12-10-14)17(20(29)22(26)30)19(28)15-7-5-4-6-8-15/h4-12,18,27-28H,3H2,1-2H3/b19-17-. The Morgan fingerprint density at radius 1 is 1.12 bits per heavy atom. The number of hydrogen-bond donors (Lipinski definition) is 2. The fraction of sp³-hybridized carbons (Fsp3) is 0.167. The van der Waals surface area contributed by atoms with Gasteiger partial charge in [0.2, 0.25) is 0 Å². The molecule has 2 aromatic carbocycles. The Morgan fingerprint density at radius 3 is 2.42 bits per heavy atom. The van der Waals surface area contributed by atoms with E-state index in [1.54, 1.807) is 56.3 Å². The van der Waals surface area contributed by atoms with Gasteiger partial charge in [0, 0.05) is 5.56 Å². The Kier molecular flexibility index (Phi) is 5.97. The van der Waals surface area contributed by atoms with Crippen LogP contribution in [0.25, 0.3) is 5.76 Å². The first-order valence-electron chi connectivity index (χ1n) is 10.1. The first kappa shape index (κ1) is 22.2. The number of esters is 1. The maximum absolute atomic E-state index is 13.2. The highest BCUT2D eigenvalue weighted by Crippen LogP contribution is 2.44. The third-order valence-electron chi connectivity index (χ3n) is 5.15. The number of amides is 1. The molecule has 1 unspecified atom stereocenters. The molecule has 1 aromatic heterocycles. The van der Waals surface area contributed by atoms with Gasteiger partial charge in [-0.25, -0.2) is 9.78 Å². The molecule has 0 radical (unpaired) electrons. The summed E-state index contributed by atoms with van der Waals surface area (Å²) in [6.07, 6.45) is 0. The predicted octanol–water partition coefficient (Wildman–Crippen LogP) is 3.96. The normalized spacial score (nSPS) is 17.4. The van der Waals surface area contributed by atoms with Crippen LogP contribution >= 0.6 is 11.3 Å². The minimum absolute atomic E-state index is 0.00783. The Morgan fingerprint density at radius 2 is 1.79 bits per heavy atom. The van der Waals surface area contributed by atoms with Crippen LogP contribution in [0.2, 0.25) is 0 Å². The summed E-state index contributed by atoms with van der Waals surface area (Å²) in [6, 6.07) is 13.4. The molecule has 1 aliphatic rings. The van der Waals surface area contributed by atoms with Crippen LogP contribution in [0.5, 0.6) is 5.75 Å². The van der Waals surface area contributed by atoms with Crippen LogP contribution in [-0.2, 0) is 14.3 Å². The fourth-order valence-corrected chi connectivity index (χ4v) is 4.61. The quantitative estimate of drug-likeness (QED) is 0.254. The van der Waals surface area contributed by atoms with Gasteiger partial charge in [0.05, 0.1) is 23.9 Å². The van der Waals surface area contributed by atoms with Crippen LogP contribution in [0, 0.1) is 6.92 Å². The summed E-state index contributed by atoms with van der Waals surface area (Å²) >= 11 is 0.935. The number of thiazole rings is 1. The van der Waals surface area contributed by atoms with E-state index in [2.05, 4.69) is 4.98 Å². The van der Waals surface area contributed by atoms with E-state index >= 15 is 0 Å². The Hall–Kier alpha value is -3.98. The first-order valence-corrected chi connectivity index (χ1v) is 10.9. The molecule has 0 bridgehead atoms. The number of aromatic nitrogens is 1. The molecule has 9 heteroatoms. The molecule has 0 saturated carbocycles. The zero-order valence-corrected chi connectivity index (χ0v) is 18.6. The van der Waals surface area contributed by atoms with E-state index in [9.17, 15) is 24.6 Å². The van der Waals surface area contributed by atoms with Gasteiger partial charge in [-0.3, -0.25) is 14.5 Å². The maximum atomic E-state index is 13.2. The summed E-state index contributed by atoms with van der Waals surface area (Å²) in [5.74, 6) is -2.64. The lowest BCUT2D eigenvalue weighted by atomic mass is 9.95. The number of aliphatic hydroxyl groups excluding tert-OH is 1. The molecule has 8 nitrogen and oxygen atoms in total. The molecule has 1 atom stereocenters. The monoisotopic (exact) mass is 464 g/mol. The minimum atomic E-state index is -1.01. The lowest BCUT2D eigenvalue weighted by Crippen LogP contribution is -2.29. The van der Waals surface area contributed by atoms with Gasteiger partial charge >= 0.3 is 11.9 Å². The number of nitrogens with zero attached hydrogens (tertiary/aromatic N) is 2. The number of phenols is 1. The van der Waals surface area contributed by atoms with Gasteiger partial charge in [-0.1, -0.05) is 53.8 Å². The Labute approximate surface area is 193 Å². The van der Waals surface area contributed by atoms with Crippen LogP contribution in [0.15, 0.2) is 60.2 Å². The van der Waals surface area contributed by atoms with Crippen LogP contribution in [0.1, 0.15) is 39.5 Å². The number of anilines is 1. The number of aliphatic hydroxyl groups is 1. The van der Waals surface area contributed by atoms with Crippen LogP contribution in [-0.4, -0.2) is 39.5 Å². The van der Waals surface area contributed by atoms with Gasteiger partial charge in [0.1, 0.15) is 16.4 Å². The molecule has 2 N–H and O–H groups in total. The molecule has 168 valence electrons. The number of ketones is 1. The van der Waals surface area contributed by atoms with Crippen molar-refractivity contribution in [2.75, 3.05) is 11.5 Å². The second kappa shape index (κ2) is 8.87. The van der Waals surface area contributed by atoms with Gasteiger partial charge in [-0.15, -0.1) is 0 Å². The number of carbonyl (C=O) groups excluding carboxylic acids is 3. The van der Waals surface area contributed by atoms with Crippen molar-refractivity contribution in [3.05, 3.63) is 81.9 Å². The summed E-state index contributed by atoms with van der Waals surface area (Å²) in [5.41, 5.74) is 1.11. The van der Waals surface area contributed by atoms with E-state index in [-0.39, 0.29) is 33.7 Å². The van der Waals surface area contributed by atoms with Crippen molar-refractivity contribution >= 4 is 39.9 Å². The number of phenolic OH excluding ortho intramolecular Hbond substituents is 1. The van der Waals surface area contributed by atoms with Crippen molar-refractivity contribution in [1.29, 1.82) is 0 Å².